The van der Waals surface area contributed by atoms with Crippen molar-refractivity contribution in [2.24, 2.45) is 11.3 Å². The molecule has 0 aromatic heterocycles. The van der Waals surface area contributed by atoms with E-state index in [9.17, 15) is 9.59 Å². The SMILES string of the molecule is CN1CCN(C(=O)CC2(COc3ccc(Cl)cc3)CCCN(C(=O)CCC3CCCC3)C2)CC1. The molecule has 6 nitrogen and oxygen atoms in total. The van der Waals surface area contributed by atoms with Gasteiger partial charge in [-0.2, -0.15) is 0 Å². The number of likely N-dealkylation sites (N-methyl/N-ethyl adjacent to an activating group) is 1. The van der Waals surface area contributed by atoms with Crippen LogP contribution in [0.25, 0.3) is 0 Å². The highest BCUT2D eigenvalue weighted by molar-refractivity contribution is 6.30. The highest BCUT2D eigenvalue weighted by Gasteiger charge is 2.41. The lowest BCUT2D eigenvalue weighted by Gasteiger charge is -2.43. The topological polar surface area (TPSA) is 53.1 Å². The zero-order chi connectivity index (χ0) is 24.0. The minimum atomic E-state index is -0.360. The average molecular weight is 490 g/mol. The van der Waals surface area contributed by atoms with Gasteiger partial charge in [0.2, 0.25) is 11.8 Å². The van der Waals surface area contributed by atoms with Gasteiger partial charge in [-0.25, -0.2) is 0 Å². The Morgan fingerprint density at radius 2 is 1.68 bits per heavy atom. The maximum absolute atomic E-state index is 13.3. The van der Waals surface area contributed by atoms with Gasteiger partial charge in [-0.05, 0) is 56.5 Å². The molecule has 3 aliphatic rings. The fourth-order valence-corrected chi connectivity index (χ4v) is 5.90. The molecular weight excluding hydrogens is 450 g/mol. The Morgan fingerprint density at radius 1 is 0.971 bits per heavy atom. The molecule has 188 valence electrons. The summed E-state index contributed by atoms with van der Waals surface area (Å²) in [5.41, 5.74) is -0.360. The quantitative estimate of drug-likeness (QED) is 0.541. The average Bonchev–Trinajstić information content (AvgIpc) is 3.36. The monoisotopic (exact) mass is 489 g/mol. The standard InChI is InChI=1S/C27H40ClN3O3/c1-29-15-17-30(18-16-29)26(33)19-27(21-34-24-10-8-23(28)9-11-24)13-4-14-31(20-27)25(32)12-7-22-5-2-3-6-22/h8-11,22H,2-7,12-21H2,1H3. The molecule has 4 rings (SSSR count). The van der Waals surface area contributed by atoms with Gasteiger partial charge in [0, 0.05) is 62.5 Å². The maximum atomic E-state index is 13.3. The van der Waals surface area contributed by atoms with E-state index in [-0.39, 0.29) is 17.2 Å². The molecule has 34 heavy (non-hydrogen) atoms. The molecule has 1 atom stereocenters. The molecule has 3 fully saturated rings. The van der Waals surface area contributed by atoms with Crippen molar-refractivity contribution >= 4 is 23.4 Å². The highest BCUT2D eigenvalue weighted by atomic mass is 35.5. The van der Waals surface area contributed by atoms with Crippen molar-refractivity contribution in [2.45, 2.75) is 57.8 Å². The van der Waals surface area contributed by atoms with Gasteiger partial charge in [0.15, 0.2) is 0 Å². The van der Waals surface area contributed by atoms with Crippen LogP contribution in [0.4, 0.5) is 0 Å². The zero-order valence-corrected chi connectivity index (χ0v) is 21.4. The second kappa shape index (κ2) is 11.8. The van der Waals surface area contributed by atoms with E-state index in [1.54, 1.807) is 0 Å². The minimum Gasteiger partial charge on any atom is -0.493 e. The first kappa shape index (κ1) is 25.3. The van der Waals surface area contributed by atoms with E-state index in [0.717, 1.165) is 57.7 Å². The molecule has 1 aliphatic carbocycles. The molecule has 1 aromatic carbocycles. The molecule has 1 saturated carbocycles. The number of hydrogen-bond donors (Lipinski definition) is 0. The Bertz CT molecular complexity index is 819. The smallest absolute Gasteiger partial charge is 0.223 e. The third-order valence-electron chi connectivity index (χ3n) is 8.00. The third-order valence-corrected chi connectivity index (χ3v) is 8.25. The van der Waals surface area contributed by atoms with Gasteiger partial charge in [0.1, 0.15) is 5.75 Å². The van der Waals surface area contributed by atoms with Gasteiger partial charge < -0.3 is 19.4 Å². The van der Waals surface area contributed by atoms with E-state index < -0.39 is 0 Å². The largest absolute Gasteiger partial charge is 0.493 e. The number of carbonyl (C=O) groups excluding carboxylic acids is 2. The van der Waals surface area contributed by atoms with E-state index in [0.29, 0.717) is 36.9 Å². The molecule has 1 unspecified atom stereocenters. The maximum Gasteiger partial charge on any atom is 0.223 e. The summed E-state index contributed by atoms with van der Waals surface area (Å²) in [6, 6.07) is 7.37. The number of halogens is 1. The molecule has 0 spiro atoms. The van der Waals surface area contributed by atoms with Gasteiger partial charge in [-0.3, -0.25) is 9.59 Å². The number of likely N-dealkylation sites (tertiary alicyclic amines) is 1. The molecule has 2 heterocycles. The van der Waals surface area contributed by atoms with Crippen LogP contribution in [0.2, 0.25) is 5.02 Å². The summed E-state index contributed by atoms with van der Waals surface area (Å²) in [6.45, 7) is 5.18. The highest BCUT2D eigenvalue weighted by Crippen LogP contribution is 2.36. The summed E-state index contributed by atoms with van der Waals surface area (Å²) < 4.78 is 6.20. The van der Waals surface area contributed by atoms with Crippen molar-refractivity contribution in [1.82, 2.24) is 14.7 Å². The van der Waals surface area contributed by atoms with Gasteiger partial charge in [0.05, 0.1) is 6.61 Å². The number of carbonyl (C=O) groups is 2. The lowest BCUT2D eigenvalue weighted by Crippen LogP contribution is -2.53. The van der Waals surface area contributed by atoms with Crippen molar-refractivity contribution < 1.29 is 14.3 Å². The Balaban J connectivity index is 1.42. The van der Waals surface area contributed by atoms with Crippen molar-refractivity contribution in [3.63, 3.8) is 0 Å². The molecule has 0 N–H and O–H groups in total. The predicted molar refractivity (Wildman–Crippen MR) is 135 cm³/mol. The van der Waals surface area contributed by atoms with Crippen molar-refractivity contribution in [2.75, 3.05) is 52.9 Å². The Kier molecular flexibility index (Phi) is 8.75. The normalized spacial score (nSPS) is 24.4. The molecule has 1 aromatic rings. The Morgan fingerprint density at radius 3 is 2.38 bits per heavy atom. The van der Waals surface area contributed by atoms with Crippen LogP contribution in [0, 0.1) is 11.3 Å². The Hall–Kier alpha value is -1.79. The van der Waals surface area contributed by atoms with E-state index >= 15 is 0 Å². The van der Waals surface area contributed by atoms with Crippen LogP contribution >= 0.6 is 11.6 Å². The molecule has 0 radical (unpaired) electrons. The van der Waals surface area contributed by atoms with Crippen LogP contribution in [0.15, 0.2) is 24.3 Å². The number of benzene rings is 1. The van der Waals surface area contributed by atoms with Gasteiger partial charge >= 0.3 is 0 Å². The van der Waals surface area contributed by atoms with Crippen LogP contribution in [-0.4, -0.2) is 79.4 Å². The van der Waals surface area contributed by atoms with Crippen LogP contribution in [-0.2, 0) is 9.59 Å². The summed E-state index contributed by atoms with van der Waals surface area (Å²) in [5, 5.41) is 0.670. The second-order valence-corrected chi connectivity index (χ2v) is 11.1. The van der Waals surface area contributed by atoms with Crippen LogP contribution in [0.3, 0.4) is 0 Å². The van der Waals surface area contributed by atoms with Gasteiger partial charge in [0.25, 0.3) is 0 Å². The number of piperazine rings is 1. The number of rotatable bonds is 8. The minimum absolute atomic E-state index is 0.188. The van der Waals surface area contributed by atoms with Gasteiger partial charge in [-0.15, -0.1) is 0 Å². The summed E-state index contributed by atoms with van der Waals surface area (Å²) in [6.07, 6.45) is 9.02. The number of piperidine rings is 1. The fourth-order valence-electron chi connectivity index (χ4n) is 5.77. The Labute approximate surface area is 209 Å². The van der Waals surface area contributed by atoms with Crippen LogP contribution < -0.4 is 4.74 Å². The van der Waals surface area contributed by atoms with Crippen molar-refractivity contribution in [3.05, 3.63) is 29.3 Å². The summed E-state index contributed by atoms with van der Waals surface area (Å²) in [7, 11) is 2.10. The predicted octanol–water partition coefficient (Wildman–Crippen LogP) is 4.46. The lowest BCUT2D eigenvalue weighted by atomic mass is 9.77. The van der Waals surface area contributed by atoms with Crippen LogP contribution in [0.1, 0.15) is 57.8 Å². The lowest BCUT2D eigenvalue weighted by molar-refractivity contribution is -0.142. The zero-order valence-electron chi connectivity index (χ0n) is 20.6. The first-order valence-electron chi connectivity index (χ1n) is 13.0. The summed E-state index contributed by atoms with van der Waals surface area (Å²) >= 11 is 6.03. The summed E-state index contributed by atoms with van der Waals surface area (Å²) in [4.78, 5) is 32.8. The second-order valence-electron chi connectivity index (χ2n) is 10.7. The van der Waals surface area contributed by atoms with E-state index in [2.05, 4.69) is 11.9 Å². The molecule has 2 aliphatic heterocycles. The number of ether oxygens (including phenoxy) is 1. The van der Waals surface area contributed by atoms with E-state index in [4.69, 9.17) is 16.3 Å². The van der Waals surface area contributed by atoms with Crippen molar-refractivity contribution in [3.8, 4) is 5.75 Å². The molecule has 2 saturated heterocycles. The molecule has 2 amide bonds. The fraction of sp³-hybridized carbons (Fsp3) is 0.704. The molecule has 7 heteroatoms. The third kappa shape index (κ3) is 6.88. The van der Waals surface area contributed by atoms with E-state index in [1.807, 2.05) is 34.1 Å². The molecular formula is C27H40ClN3O3. The van der Waals surface area contributed by atoms with Crippen molar-refractivity contribution in [1.29, 1.82) is 0 Å². The summed E-state index contributed by atoms with van der Waals surface area (Å²) in [5.74, 6) is 1.90. The molecule has 0 bridgehead atoms. The van der Waals surface area contributed by atoms with Gasteiger partial charge in [-0.1, -0.05) is 37.3 Å². The first-order chi connectivity index (χ1) is 16.4. The van der Waals surface area contributed by atoms with Crippen LogP contribution in [0.5, 0.6) is 5.75 Å². The van der Waals surface area contributed by atoms with E-state index in [1.165, 1.54) is 25.7 Å². The first-order valence-corrected chi connectivity index (χ1v) is 13.4. The number of amides is 2. The number of nitrogens with zero attached hydrogens (tertiary/aromatic N) is 3. The number of hydrogen-bond acceptors (Lipinski definition) is 4.